The quantitative estimate of drug-likeness (QED) is 0.848. The highest BCUT2D eigenvalue weighted by Crippen LogP contribution is 2.53. The summed E-state index contributed by atoms with van der Waals surface area (Å²) in [6.45, 7) is 9.63. The minimum absolute atomic E-state index is 0.134. The van der Waals surface area contributed by atoms with Crippen molar-refractivity contribution in [3.05, 3.63) is 18.0 Å². The van der Waals surface area contributed by atoms with Gasteiger partial charge in [0.15, 0.2) is 0 Å². The fourth-order valence-electron chi connectivity index (χ4n) is 2.45. The van der Waals surface area contributed by atoms with E-state index in [1.54, 1.807) is 0 Å². The lowest BCUT2D eigenvalue weighted by Crippen LogP contribution is -2.45. The lowest BCUT2D eigenvalue weighted by Gasteiger charge is -2.29. The number of hydrogen-bond acceptors (Lipinski definition) is 2. The van der Waals surface area contributed by atoms with Gasteiger partial charge in [-0.05, 0) is 38.7 Å². The Kier molecular flexibility index (Phi) is 2.61. The molecule has 0 unspecified atom stereocenters. The predicted octanol–water partition coefficient (Wildman–Crippen LogP) is 2.31. The molecule has 0 aromatic carbocycles. The van der Waals surface area contributed by atoms with Gasteiger partial charge < -0.3 is 5.73 Å². The molecule has 1 heterocycles. The molecule has 2 rings (SSSR count). The Bertz CT molecular complexity index is 367. The highest BCUT2D eigenvalue weighted by atomic mass is 15.3. The van der Waals surface area contributed by atoms with Crippen LogP contribution in [0.1, 0.15) is 46.2 Å². The van der Waals surface area contributed by atoms with Gasteiger partial charge in [0.1, 0.15) is 0 Å². The van der Waals surface area contributed by atoms with Crippen molar-refractivity contribution in [2.45, 2.75) is 58.0 Å². The van der Waals surface area contributed by atoms with E-state index in [9.17, 15) is 0 Å². The first-order chi connectivity index (χ1) is 7.35. The summed E-state index contributed by atoms with van der Waals surface area (Å²) < 4.78 is 2.05. The van der Waals surface area contributed by atoms with Gasteiger partial charge in [-0.2, -0.15) is 5.10 Å². The van der Waals surface area contributed by atoms with Crippen LogP contribution in [0.5, 0.6) is 0 Å². The number of rotatable bonds is 4. The van der Waals surface area contributed by atoms with Crippen LogP contribution in [0.4, 0.5) is 0 Å². The second-order valence-electron chi connectivity index (χ2n) is 6.12. The lowest BCUT2D eigenvalue weighted by atomic mass is 9.82. The zero-order valence-electron chi connectivity index (χ0n) is 10.8. The molecule has 1 aliphatic carbocycles. The molecule has 90 valence electrons. The monoisotopic (exact) mass is 221 g/mol. The number of nitrogens with two attached hydrogens (primary N) is 1. The van der Waals surface area contributed by atoms with Gasteiger partial charge in [-0.3, -0.25) is 4.68 Å². The Balaban J connectivity index is 2.20. The summed E-state index contributed by atoms with van der Waals surface area (Å²) >= 11 is 0. The first-order valence-electron chi connectivity index (χ1n) is 6.18. The SMILES string of the molecule is CC(C)Cn1ccc(C2(C(C)(C)N)CC2)n1. The van der Waals surface area contributed by atoms with Crippen LogP contribution in [0.2, 0.25) is 0 Å². The van der Waals surface area contributed by atoms with Gasteiger partial charge in [0.2, 0.25) is 0 Å². The maximum Gasteiger partial charge on any atom is 0.0704 e. The van der Waals surface area contributed by atoms with E-state index < -0.39 is 0 Å². The van der Waals surface area contributed by atoms with Crippen molar-refractivity contribution in [1.29, 1.82) is 0 Å². The van der Waals surface area contributed by atoms with E-state index in [4.69, 9.17) is 5.73 Å². The van der Waals surface area contributed by atoms with Gasteiger partial charge in [0.25, 0.3) is 0 Å². The van der Waals surface area contributed by atoms with Crippen molar-refractivity contribution in [2.75, 3.05) is 0 Å². The largest absolute Gasteiger partial charge is 0.325 e. The number of aromatic nitrogens is 2. The molecule has 1 aromatic rings. The summed E-state index contributed by atoms with van der Waals surface area (Å²) in [5.74, 6) is 0.633. The van der Waals surface area contributed by atoms with E-state index in [-0.39, 0.29) is 11.0 Å². The normalized spacial score (nSPS) is 19.1. The van der Waals surface area contributed by atoms with Crippen LogP contribution in [0.25, 0.3) is 0 Å². The van der Waals surface area contributed by atoms with E-state index in [0.717, 1.165) is 6.54 Å². The van der Waals surface area contributed by atoms with Crippen molar-refractivity contribution >= 4 is 0 Å². The molecule has 1 saturated carbocycles. The molecule has 3 heteroatoms. The minimum Gasteiger partial charge on any atom is -0.325 e. The van der Waals surface area contributed by atoms with Crippen molar-refractivity contribution < 1.29 is 0 Å². The van der Waals surface area contributed by atoms with Gasteiger partial charge in [-0.15, -0.1) is 0 Å². The van der Waals surface area contributed by atoms with Crippen LogP contribution in [-0.4, -0.2) is 15.3 Å². The minimum atomic E-state index is -0.163. The van der Waals surface area contributed by atoms with E-state index in [2.05, 4.69) is 45.1 Å². The Morgan fingerprint density at radius 3 is 2.56 bits per heavy atom. The average Bonchev–Trinajstić information content (AvgIpc) is 2.82. The van der Waals surface area contributed by atoms with Crippen LogP contribution < -0.4 is 5.73 Å². The molecule has 0 bridgehead atoms. The summed E-state index contributed by atoms with van der Waals surface area (Å²) in [6, 6.07) is 2.14. The predicted molar refractivity (Wildman–Crippen MR) is 66.2 cm³/mol. The van der Waals surface area contributed by atoms with Crippen LogP contribution in [-0.2, 0) is 12.0 Å². The summed E-state index contributed by atoms with van der Waals surface area (Å²) in [7, 11) is 0. The van der Waals surface area contributed by atoms with Crippen molar-refractivity contribution in [2.24, 2.45) is 11.7 Å². The van der Waals surface area contributed by atoms with E-state index in [1.165, 1.54) is 18.5 Å². The fraction of sp³-hybridized carbons (Fsp3) is 0.769. The highest BCUT2D eigenvalue weighted by Gasteiger charge is 2.55. The smallest absolute Gasteiger partial charge is 0.0704 e. The fourth-order valence-corrected chi connectivity index (χ4v) is 2.45. The summed E-state index contributed by atoms with van der Waals surface area (Å²) in [5.41, 5.74) is 7.42. The molecular formula is C13H23N3. The Hall–Kier alpha value is -0.830. The number of hydrogen-bond donors (Lipinski definition) is 1. The molecule has 1 aliphatic rings. The molecular weight excluding hydrogens is 198 g/mol. The molecule has 0 atom stereocenters. The maximum absolute atomic E-state index is 6.27. The highest BCUT2D eigenvalue weighted by molar-refractivity contribution is 5.30. The summed E-state index contributed by atoms with van der Waals surface area (Å²) in [4.78, 5) is 0. The van der Waals surface area contributed by atoms with E-state index >= 15 is 0 Å². The van der Waals surface area contributed by atoms with Gasteiger partial charge in [0, 0.05) is 23.7 Å². The summed E-state index contributed by atoms with van der Waals surface area (Å²) in [6.07, 6.45) is 4.44. The van der Waals surface area contributed by atoms with Gasteiger partial charge in [-0.1, -0.05) is 13.8 Å². The van der Waals surface area contributed by atoms with Crippen LogP contribution >= 0.6 is 0 Å². The van der Waals surface area contributed by atoms with Gasteiger partial charge >= 0.3 is 0 Å². The second-order valence-corrected chi connectivity index (χ2v) is 6.12. The molecule has 0 aliphatic heterocycles. The van der Waals surface area contributed by atoms with E-state index in [1.807, 2.05) is 4.68 Å². The van der Waals surface area contributed by atoms with E-state index in [0.29, 0.717) is 5.92 Å². The zero-order chi connectivity index (χ0) is 12.0. The molecule has 0 spiro atoms. The van der Waals surface area contributed by atoms with Gasteiger partial charge in [0.05, 0.1) is 5.69 Å². The van der Waals surface area contributed by atoms with Crippen LogP contribution in [0.3, 0.4) is 0 Å². The topological polar surface area (TPSA) is 43.8 Å². The van der Waals surface area contributed by atoms with Crippen molar-refractivity contribution in [3.8, 4) is 0 Å². The third kappa shape index (κ3) is 1.88. The zero-order valence-corrected chi connectivity index (χ0v) is 10.8. The molecule has 3 nitrogen and oxygen atoms in total. The molecule has 0 amide bonds. The standard InChI is InChI=1S/C13H23N3/c1-10(2)9-16-8-5-11(15-16)13(6-7-13)12(3,4)14/h5,8,10H,6-7,9,14H2,1-4H3. The molecule has 16 heavy (non-hydrogen) atoms. The first kappa shape index (κ1) is 11.6. The molecule has 1 fully saturated rings. The van der Waals surface area contributed by atoms with Crippen molar-refractivity contribution in [1.82, 2.24) is 9.78 Å². The van der Waals surface area contributed by atoms with Crippen LogP contribution in [0, 0.1) is 5.92 Å². The maximum atomic E-state index is 6.27. The second kappa shape index (κ2) is 3.59. The Morgan fingerprint density at radius 1 is 1.50 bits per heavy atom. The van der Waals surface area contributed by atoms with Crippen LogP contribution in [0.15, 0.2) is 12.3 Å². The average molecular weight is 221 g/mol. The number of nitrogens with zero attached hydrogens (tertiary/aromatic N) is 2. The molecule has 0 saturated heterocycles. The molecule has 1 aromatic heterocycles. The lowest BCUT2D eigenvalue weighted by molar-refractivity contribution is 0.376. The molecule has 0 radical (unpaired) electrons. The Labute approximate surface area is 98.0 Å². The van der Waals surface area contributed by atoms with Gasteiger partial charge in [-0.25, -0.2) is 0 Å². The third-order valence-electron chi connectivity index (χ3n) is 3.67. The van der Waals surface area contributed by atoms with Crippen molar-refractivity contribution in [3.63, 3.8) is 0 Å². The third-order valence-corrected chi connectivity index (χ3v) is 3.67. The Morgan fingerprint density at radius 2 is 2.12 bits per heavy atom. The summed E-state index contributed by atoms with van der Waals surface area (Å²) in [5, 5.41) is 4.69. The first-order valence-corrected chi connectivity index (χ1v) is 6.18. The molecule has 2 N–H and O–H groups in total.